The van der Waals surface area contributed by atoms with Crippen LogP contribution in [0.5, 0.6) is 11.5 Å². The molecule has 1 heterocycles. The van der Waals surface area contributed by atoms with Gasteiger partial charge in [-0.25, -0.2) is 0 Å². The highest BCUT2D eigenvalue weighted by Crippen LogP contribution is 2.33. The van der Waals surface area contributed by atoms with Gasteiger partial charge in [0.25, 0.3) is 0 Å². The van der Waals surface area contributed by atoms with Gasteiger partial charge in [0.15, 0.2) is 11.5 Å². The molecular formula is C12H14N2O2. The van der Waals surface area contributed by atoms with Crippen molar-refractivity contribution in [1.82, 2.24) is 4.98 Å². The van der Waals surface area contributed by atoms with Gasteiger partial charge in [-0.05, 0) is 19.1 Å². The maximum Gasteiger partial charge on any atom is 0.162 e. The number of anilines is 1. The summed E-state index contributed by atoms with van der Waals surface area (Å²) in [5.41, 5.74) is 8.33. The van der Waals surface area contributed by atoms with E-state index in [-0.39, 0.29) is 0 Å². The van der Waals surface area contributed by atoms with Crippen molar-refractivity contribution < 1.29 is 9.47 Å². The van der Waals surface area contributed by atoms with Gasteiger partial charge in [-0.15, -0.1) is 0 Å². The monoisotopic (exact) mass is 218 g/mol. The fourth-order valence-electron chi connectivity index (χ4n) is 1.72. The zero-order chi connectivity index (χ0) is 11.7. The van der Waals surface area contributed by atoms with E-state index in [1.165, 1.54) is 0 Å². The summed E-state index contributed by atoms with van der Waals surface area (Å²) in [5.74, 6) is 1.32. The first kappa shape index (κ1) is 10.5. The van der Waals surface area contributed by atoms with Crippen molar-refractivity contribution in [3.8, 4) is 11.5 Å². The standard InChI is InChI=1S/C12H14N2O2/c1-7-4-9(13)8-5-11(15-2)12(16-3)6-10(8)14-7/h4-6H,1-3H3,(H2,13,14). The molecular weight excluding hydrogens is 204 g/mol. The summed E-state index contributed by atoms with van der Waals surface area (Å²) in [6, 6.07) is 5.52. The van der Waals surface area contributed by atoms with Crippen molar-refractivity contribution >= 4 is 16.6 Å². The van der Waals surface area contributed by atoms with E-state index in [1.807, 2.05) is 25.1 Å². The van der Waals surface area contributed by atoms with E-state index in [0.717, 1.165) is 16.6 Å². The molecule has 0 bridgehead atoms. The van der Waals surface area contributed by atoms with E-state index >= 15 is 0 Å². The van der Waals surface area contributed by atoms with Crippen LogP contribution in [0.25, 0.3) is 10.9 Å². The third kappa shape index (κ3) is 1.62. The fourth-order valence-corrected chi connectivity index (χ4v) is 1.72. The number of aromatic nitrogens is 1. The zero-order valence-electron chi connectivity index (χ0n) is 9.57. The highest BCUT2D eigenvalue weighted by Gasteiger charge is 2.09. The van der Waals surface area contributed by atoms with Gasteiger partial charge in [-0.2, -0.15) is 0 Å². The second-order valence-electron chi connectivity index (χ2n) is 3.58. The maximum atomic E-state index is 5.94. The Hall–Kier alpha value is -1.97. The highest BCUT2D eigenvalue weighted by atomic mass is 16.5. The number of nitrogens with two attached hydrogens (primary N) is 1. The van der Waals surface area contributed by atoms with Crippen LogP contribution in [-0.4, -0.2) is 19.2 Å². The van der Waals surface area contributed by atoms with E-state index in [9.17, 15) is 0 Å². The minimum atomic E-state index is 0.660. The summed E-state index contributed by atoms with van der Waals surface area (Å²) in [7, 11) is 3.20. The second kappa shape index (κ2) is 3.89. The molecule has 1 aromatic heterocycles. The Balaban J connectivity index is 2.78. The number of benzene rings is 1. The predicted octanol–water partition coefficient (Wildman–Crippen LogP) is 2.14. The Kier molecular flexibility index (Phi) is 2.56. The molecule has 16 heavy (non-hydrogen) atoms. The molecule has 0 amide bonds. The number of hydrogen-bond donors (Lipinski definition) is 1. The lowest BCUT2D eigenvalue weighted by molar-refractivity contribution is 0.356. The van der Waals surface area contributed by atoms with Crippen LogP contribution in [0.15, 0.2) is 18.2 Å². The van der Waals surface area contributed by atoms with Gasteiger partial charge in [0.05, 0.1) is 19.7 Å². The molecule has 84 valence electrons. The Labute approximate surface area is 94.0 Å². The number of nitrogen functional groups attached to an aromatic ring is 1. The van der Waals surface area contributed by atoms with Crippen LogP contribution in [0.2, 0.25) is 0 Å². The number of aryl methyl sites for hydroxylation is 1. The molecule has 0 fully saturated rings. The summed E-state index contributed by atoms with van der Waals surface area (Å²) in [5, 5.41) is 0.878. The smallest absolute Gasteiger partial charge is 0.162 e. The summed E-state index contributed by atoms with van der Waals surface area (Å²) in [6.45, 7) is 1.91. The van der Waals surface area contributed by atoms with Gasteiger partial charge in [0.2, 0.25) is 0 Å². The average Bonchev–Trinajstić information content (AvgIpc) is 2.27. The Morgan fingerprint density at radius 3 is 2.31 bits per heavy atom. The Bertz CT molecular complexity index is 538. The number of methoxy groups -OCH3 is 2. The average molecular weight is 218 g/mol. The lowest BCUT2D eigenvalue weighted by atomic mass is 10.1. The van der Waals surface area contributed by atoms with Crippen molar-refractivity contribution in [1.29, 1.82) is 0 Å². The fraction of sp³-hybridized carbons (Fsp3) is 0.250. The van der Waals surface area contributed by atoms with Crippen LogP contribution in [0.3, 0.4) is 0 Å². The lowest BCUT2D eigenvalue weighted by Gasteiger charge is -2.10. The van der Waals surface area contributed by atoms with Gasteiger partial charge in [-0.1, -0.05) is 0 Å². The first-order chi connectivity index (χ1) is 7.65. The first-order valence-corrected chi connectivity index (χ1v) is 4.94. The Morgan fingerprint density at radius 1 is 1.06 bits per heavy atom. The minimum absolute atomic E-state index is 0.660. The van der Waals surface area contributed by atoms with Gasteiger partial charge >= 0.3 is 0 Å². The summed E-state index contributed by atoms with van der Waals surface area (Å²) < 4.78 is 10.4. The van der Waals surface area contributed by atoms with Crippen molar-refractivity contribution in [2.24, 2.45) is 0 Å². The van der Waals surface area contributed by atoms with Crippen LogP contribution < -0.4 is 15.2 Å². The molecule has 1 aromatic carbocycles. The van der Waals surface area contributed by atoms with E-state index in [1.54, 1.807) is 14.2 Å². The third-order valence-corrected chi connectivity index (χ3v) is 2.47. The largest absolute Gasteiger partial charge is 0.493 e. The molecule has 0 radical (unpaired) electrons. The van der Waals surface area contributed by atoms with Gasteiger partial charge in [-0.3, -0.25) is 4.98 Å². The number of nitrogens with zero attached hydrogens (tertiary/aromatic N) is 1. The molecule has 0 aliphatic rings. The number of hydrogen-bond acceptors (Lipinski definition) is 4. The summed E-state index contributed by atoms with van der Waals surface area (Å²) in [4.78, 5) is 4.40. The van der Waals surface area contributed by atoms with Crippen molar-refractivity contribution in [3.05, 3.63) is 23.9 Å². The van der Waals surface area contributed by atoms with Crippen LogP contribution >= 0.6 is 0 Å². The summed E-state index contributed by atoms with van der Waals surface area (Å²) >= 11 is 0. The van der Waals surface area contributed by atoms with Crippen LogP contribution in [-0.2, 0) is 0 Å². The zero-order valence-corrected chi connectivity index (χ0v) is 9.57. The van der Waals surface area contributed by atoms with Crippen LogP contribution in [0.1, 0.15) is 5.69 Å². The molecule has 0 unspecified atom stereocenters. The third-order valence-electron chi connectivity index (χ3n) is 2.47. The number of ether oxygens (including phenoxy) is 2. The number of fused-ring (bicyclic) bond motifs is 1. The molecule has 0 spiro atoms. The first-order valence-electron chi connectivity index (χ1n) is 4.94. The van der Waals surface area contributed by atoms with Gasteiger partial charge in [0, 0.05) is 22.8 Å². The molecule has 0 aliphatic heterocycles. The van der Waals surface area contributed by atoms with Crippen molar-refractivity contribution in [2.45, 2.75) is 6.92 Å². The molecule has 4 nitrogen and oxygen atoms in total. The van der Waals surface area contributed by atoms with E-state index in [2.05, 4.69) is 4.98 Å². The molecule has 0 saturated heterocycles. The van der Waals surface area contributed by atoms with E-state index < -0.39 is 0 Å². The molecule has 0 aliphatic carbocycles. The topological polar surface area (TPSA) is 57.4 Å². The predicted molar refractivity (Wildman–Crippen MR) is 64.0 cm³/mol. The SMILES string of the molecule is COc1cc2nc(C)cc(N)c2cc1OC. The molecule has 2 aromatic rings. The van der Waals surface area contributed by atoms with Crippen molar-refractivity contribution in [3.63, 3.8) is 0 Å². The van der Waals surface area contributed by atoms with Crippen LogP contribution in [0.4, 0.5) is 5.69 Å². The minimum Gasteiger partial charge on any atom is -0.493 e. The second-order valence-corrected chi connectivity index (χ2v) is 3.58. The number of pyridine rings is 1. The molecule has 0 atom stereocenters. The summed E-state index contributed by atoms with van der Waals surface area (Å²) in [6.07, 6.45) is 0. The molecule has 4 heteroatoms. The lowest BCUT2D eigenvalue weighted by Crippen LogP contribution is -1.95. The molecule has 2 N–H and O–H groups in total. The quantitative estimate of drug-likeness (QED) is 0.839. The van der Waals surface area contributed by atoms with Crippen molar-refractivity contribution in [2.75, 3.05) is 20.0 Å². The normalized spacial score (nSPS) is 10.4. The molecule has 0 saturated carbocycles. The Morgan fingerprint density at radius 2 is 1.69 bits per heavy atom. The maximum absolute atomic E-state index is 5.94. The van der Waals surface area contributed by atoms with Crippen LogP contribution in [0, 0.1) is 6.92 Å². The van der Waals surface area contributed by atoms with E-state index in [4.69, 9.17) is 15.2 Å². The molecule has 2 rings (SSSR count). The number of rotatable bonds is 2. The van der Waals surface area contributed by atoms with Gasteiger partial charge < -0.3 is 15.2 Å². The van der Waals surface area contributed by atoms with Gasteiger partial charge in [0.1, 0.15) is 0 Å². The highest BCUT2D eigenvalue weighted by molar-refractivity contribution is 5.92. The van der Waals surface area contributed by atoms with E-state index in [0.29, 0.717) is 17.2 Å².